The Morgan fingerprint density at radius 2 is 1.33 bits per heavy atom. The standard InChI is InChI=1S/2C7H6O3.C5H14NO/c2*8-6-4-2-1-3-5(6)7(9)10;1-6(2,3)4-5-7/h2*1-4,8H,(H,9,10);7H,4-5H2,1-3H3/q;;+1/p-1. The molecule has 0 aliphatic heterocycles. The highest BCUT2D eigenvalue weighted by Crippen LogP contribution is 2.14. The summed E-state index contributed by atoms with van der Waals surface area (Å²) in [6.45, 7) is 1.11. The van der Waals surface area contributed by atoms with E-state index in [0.717, 1.165) is 11.0 Å². The van der Waals surface area contributed by atoms with Crippen LogP contribution in [0.4, 0.5) is 0 Å². The summed E-state index contributed by atoms with van der Waals surface area (Å²) in [6.07, 6.45) is 0. The van der Waals surface area contributed by atoms with E-state index in [1.165, 1.54) is 36.4 Å². The first-order chi connectivity index (χ1) is 12.5. The van der Waals surface area contributed by atoms with Gasteiger partial charge >= 0.3 is 11.9 Å². The van der Waals surface area contributed by atoms with E-state index in [0.29, 0.717) is 0 Å². The Morgan fingerprint density at radius 3 is 1.59 bits per heavy atom. The van der Waals surface area contributed by atoms with Gasteiger partial charge in [0.15, 0.2) is 0 Å². The van der Waals surface area contributed by atoms with Gasteiger partial charge in [-0.3, -0.25) is 0 Å². The largest absolute Gasteiger partial charge is 0.872 e. The number of phenols is 1. The van der Waals surface area contributed by atoms with Crippen LogP contribution >= 0.6 is 0 Å². The lowest BCUT2D eigenvalue weighted by atomic mass is 10.2. The number of aliphatic hydroxyl groups is 1. The molecule has 2 rings (SSSR count). The van der Waals surface area contributed by atoms with Crippen molar-refractivity contribution in [1.29, 1.82) is 0 Å². The van der Waals surface area contributed by atoms with Gasteiger partial charge in [0.1, 0.15) is 17.9 Å². The van der Waals surface area contributed by atoms with Gasteiger partial charge in [-0.1, -0.05) is 36.1 Å². The molecule has 8 heteroatoms. The number of hydrogen-bond donors (Lipinski definition) is 4. The van der Waals surface area contributed by atoms with Crippen LogP contribution in [0.15, 0.2) is 48.5 Å². The zero-order chi connectivity index (χ0) is 21.0. The molecule has 0 aliphatic rings. The summed E-state index contributed by atoms with van der Waals surface area (Å²) in [7, 11) is 6.16. The number of benzene rings is 2. The second-order valence-corrected chi connectivity index (χ2v) is 6.36. The van der Waals surface area contributed by atoms with E-state index in [9.17, 15) is 14.7 Å². The van der Waals surface area contributed by atoms with E-state index >= 15 is 0 Å². The average Bonchev–Trinajstić information content (AvgIpc) is 2.55. The summed E-state index contributed by atoms with van der Waals surface area (Å²) < 4.78 is 0.844. The van der Waals surface area contributed by atoms with Gasteiger partial charge in [0.25, 0.3) is 0 Å². The van der Waals surface area contributed by atoms with Gasteiger partial charge in [-0.05, 0) is 18.2 Å². The van der Waals surface area contributed by atoms with Crippen molar-refractivity contribution in [3.8, 4) is 11.5 Å². The summed E-state index contributed by atoms with van der Waals surface area (Å²) in [5.74, 6) is -2.94. The average molecular weight is 379 g/mol. The fourth-order valence-corrected chi connectivity index (χ4v) is 1.60. The number of nitrogens with zero attached hydrogens (tertiary/aromatic N) is 1. The minimum Gasteiger partial charge on any atom is -0.872 e. The minimum atomic E-state index is -1.18. The lowest BCUT2D eigenvalue weighted by Gasteiger charge is -2.21. The third kappa shape index (κ3) is 10.5. The quantitative estimate of drug-likeness (QED) is 0.586. The van der Waals surface area contributed by atoms with E-state index in [-0.39, 0.29) is 23.5 Å². The van der Waals surface area contributed by atoms with Crippen LogP contribution in [0.25, 0.3) is 0 Å². The van der Waals surface area contributed by atoms with Gasteiger partial charge in [0.05, 0.1) is 33.3 Å². The maximum absolute atomic E-state index is 10.7. The van der Waals surface area contributed by atoms with Crippen LogP contribution in [0.3, 0.4) is 0 Å². The first-order valence-electron chi connectivity index (χ1n) is 7.91. The molecule has 0 fully saturated rings. The van der Waals surface area contributed by atoms with Crippen molar-refractivity contribution in [2.75, 3.05) is 34.3 Å². The second-order valence-electron chi connectivity index (χ2n) is 6.36. The van der Waals surface area contributed by atoms with Crippen molar-refractivity contribution >= 4 is 11.9 Å². The third-order valence-corrected chi connectivity index (χ3v) is 3.02. The Bertz CT molecular complexity index is 683. The summed E-state index contributed by atoms with van der Waals surface area (Å²) in [6, 6.07) is 11.3. The van der Waals surface area contributed by atoms with E-state index in [2.05, 4.69) is 21.1 Å². The molecule has 2 aromatic rings. The van der Waals surface area contributed by atoms with Crippen LogP contribution in [-0.4, -0.2) is 71.1 Å². The van der Waals surface area contributed by atoms with Gasteiger partial charge in [-0.15, -0.1) is 0 Å². The highest BCUT2D eigenvalue weighted by Gasteiger charge is 2.05. The maximum Gasteiger partial charge on any atom is 0.339 e. The Kier molecular flexibility index (Phi) is 10.2. The van der Waals surface area contributed by atoms with Gasteiger partial charge in [-0.25, -0.2) is 9.59 Å². The summed E-state index contributed by atoms with van der Waals surface area (Å²) in [4.78, 5) is 20.5. The lowest BCUT2D eigenvalue weighted by Crippen LogP contribution is -2.36. The molecule has 0 unspecified atom stereocenters. The minimum absolute atomic E-state index is 0.0671. The van der Waals surface area contributed by atoms with Crippen LogP contribution in [0.1, 0.15) is 20.7 Å². The first-order valence-corrected chi connectivity index (χ1v) is 7.91. The van der Waals surface area contributed by atoms with Gasteiger partial charge < -0.3 is 30.0 Å². The monoisotopic (exact) mass is 379 g/mol. The van der Waals surface area contributed by atoms with Gasteiger partial charge in [0, 0.05) is 0 Å². The summed E-state index contributed by atoms with van der Waals surface area (Å²) >= 11 is 0. The Labute approximate surface area is 157 Å². The first kappa shape index (κ1) is 23.9. The number of carboxylic acids is 2. The molecule has 148 valence electrons. The fourth-order valence-electron chi connectivity index (χ4n) is 1.60. The van der Waals surface area contributed by atoms with Crippen molar-refractivity contribution < 1.29 is 39.6 Å². The molecule has 27 heavy (non-hydrogen) atoms. The molecular weight excluding hydrogens is 354 g/mol. The molecule has 2 aromatic carbocycles. The molecule has 0 spiro atoms. The van der Waals surface area contributed by atoms with Crippen molar-refractivity contribution in [3.05, 3.63) is 59.7 Å². The molecule has 0 radical (unpaired) electrons. The third-order valence-electron chi connectivity index (χ3n) is 3.02. The molecule has 0 saturated carbocycles. The molecule has 0 amide bonds. The number of carbonyl (C=O) groups is 2. The SMILES string of the molecule is C[N+](C)(C)CCO.O=C(O)c1ccccc1O.O=C(O)c1ccccc1[O-]. The zero-order valence-corrected chi connectivity index (χ0v) is 15.5. The number of hydrogen-bond acceptors (Lipinski definition) is 5. The second kappa shape index (κ2) is 11.5. The van der Waals surface area contributed by atoms with Gasteiger partial charge in [0.2, 0.25) is 0 Å². The smallest absolute Gasteiger partial charge is 0.339 e. The Morgan fingerprint density at radius 1 is 0.889 bits per heavy atom. The molecule has 0 bridgehead atoms. The summed E-state index contributed by atoms with van der Waals surface area (Å²) in [5, 5.41) is 44.7. The molecule has 8 nitrogen and oxygen atoms in total. The molecule has 0 heterocycles. The Hall–Kier alpha value is -3.10. The van der Waals surface area contributed by atoms with Crippen molar-refractivity contribution in [2.24, 2.45) is 0 Å². The number of para-hydroxylation sites is 2. The summed E-state index contributed by atoms with van der Waals surface area (Å²) in [5.41, 5.74) is -0.245. The predicted octanol–water partition coefficient (Wildman–Crippen LogP) is 1.23. The molecular formula is C19H25NO7. The van der Waals surface area contributed by atoms with E-state index in [1.807, 2.05) is 0 Å². The van der Waals surface area contributed by atoms with Crippen LogP contribution in [0.5, 0.6) is 11.5 Å². The topological polar surface area (TPSA) is 138 Å². The number of aliphatic hydroxyl groups excluding tert-OH is 1. The van der Waals surface area contributed by atoms with Crippen LogP contribution < -0.4 is 5.11 Å². The number of aromatic carboxylic acids is 2. The number of likely N-dealkylation sites (N-methyl/N-ethyl adjacent to an activating group) is 1. The number of carboxylic acid groups (broad SMARTS) is 2. The molecule has 0 aromatic heterocycles. The highest BCUT2D eigenvalue weighted by atomic mass is 16.4. The highest BCUT2D eigenvalue weighted by molar-refractivity contribution is 5.90. The molecule has 0 saturated heterocycles. The van der Waals surface area contributed by atoms with E-state index in [4.69, 9.17) is 20.4 Å². The fraction of sp³-hybridized carbons (Fsp3) is 0.263. The Balaban J connectivity index is 0.000000384. The van der Waals surface area contributed by atoms with Crippen LogP contribution in [-0.2, 0) is 0 Å². The van der Waals surface area contributed by atoms with Crippen LogP contribution in [0.2, 0.25) is 0 Å². The van der Waals surface area contributed by atoms with Crippen LogP contribution in [0, 0.1) is 0 Å². The number of aromatic hydroxyl groups is 1. The maximum atomic E-state index is 10.7. The number of quaternary nitrogens is 1. The van der Waals surface area contributed by atoms with Crippen molar-refractivity contribution in [1.82, 2.24) is 0 Å². The van der Waals surface area contributed by atoms with Crippen molar-refractivity contribution in [2.45, 2.75) is 0 Å². The van der Waals surface area contributed by atoms with E-state index < -0.39 is 17.7 Å². The normalized spacial score (nSPS) is 9.93. The predicted molar refractivity (Wildman–Crippen MR) is 97.9 cm³/mol. The molecule has 0 aliphatic carbocycles. The lowest BCUT2D eigenvalue weighted by molar-refractivity contribution is -0.870. The molecule has 4 N–H and O–H groups in total. The zero-order valence-electron chi connectivity index (χ0n) is 15.5. The van der Waals surface area contributed by atoms with Gasteiger partial charge in [-0.2, -0.15) is 0 Å². The number of rotatable bonds is 4. The van der Waals surface area contributed by atoms with E-state index in [1.54, 1.807) is 12.1 Å². The van der Waals surface area contributed by atoms with Crippen molar-refractivity contribution in [3.63, 3.8) is 0 Å². The molecule has 0 atom stereocenters.